The molecular formula is C19H22N2O. The zero-order chi connectivity index (χ0) is 15.7. The predicted octanol–water partition coefficient (Wildman–Crippen LogP) is 3.25. The lowest BCUT2D eigenvalue weighted by Crippen LogP contribution is -2.53. The SMILES string of the molecule is CCN(CC)C1(c2ccccc2)C(=O)N(C)c2ccccc21. The van der Waals surface area contributed by atoms with Crippen molar-refractivity contribution in [3.63, 3.8) is 0 Å². The summed E-state index contributed by atoms with van der Waals surface area (Å²) in [5, 5.41) is 0. The van der Waals surface area contributed by atoms with Gasteiger partial charge in [-0.2, -0.15) is 0 Å². The summed E-state index contributed by atoms with van der Waals surface area (Å²) in [5.74, 6) is 0.128. The minimum Gasteiger partial charge on any atom is -0.313 e. The molecule has 3 heteroatoms. The number of hydrogen-bond donors (Lipinski definition) is 0. The van der Waals surface area contributed by atoms with Crippen LogP contribution in [0.2, 0.25) is 0 Å². The molecule has 114 valence electrons. The predicted molar refractivity (Wildman–Crippen MR) is 90.0 cm³/mol. The molecular weight excluding hydrogens is 272 g/mol. The molecule has 0 N–H and O–H groups in total. The molecule has 0 aromatic heterocycles. The van der Waals surface area contributed by atoms with E-state index in [0.717, 1.165) is 29.9 Å². The van der Waals surface area contributed by atoms with E-state index < -0.39 is 5.54 Å². The summed E-state index contributed by atoms with van der Waals surface area (Å²) in [6.07, 6.45) is 0. The van der Waals surface area contributed by atoms with E-state index >= 15 is 0 Å². The van der Waals surface area contributed by atoms with E-state index in [4.69, 9.17) is 0 Å². The molecule has 1 heterocycles. The van der Waals surface area contributed by atoms with Gasteiger partial charge in [0.15, 0.2) is 5.54 Å². The van der Waals surface area contributed by atoms with Crippen molar-refractivity contribution in [2.24, 2.45) is 0 Å². The highest BCUT2D eigenvalue weighted by atomic mass is 16.2. The van der Waals surface area contributed by atoms with Crippen LogP contribution in [0.25, 0.3) is 0 Å². The Labute approximate surface area is 132 Å². The van der Waals surface area contributed by atoms with Crippen molar-refractivity contribution in [2.45, 2.75) is 19.4 Å². The summed E-state index contributed by atoms with van der Waals surface area (Å²) in [4.78, 5) is 17.4. The Morgan fingerprint density at radius 1 is 0.955 bits per heavy atom. The highest BCUT2D eigenvalue weighted by Crippen LogP contribution is 2.47. The lowest BCUT2D eigenvalue weighted by Gasteiger charge is -2.39. The second-order valence-corrected chi connectivity index (χ2v) is 5.63. The van der Waals surface area contributed by atoms with Crippen molar-refractivity contribution >= 4 is 11.6 Å². The van der Waals surface area contributed by atoms with Gasteiger partial charge in [0, 0.05) is 18.3 Å². The summed E-state index contributed by atoms with van der Waals surface area (Å²) < 4.78 is 0. The first-order valence-electron chi connectivity index (χ1n) is 7.86. The van der Waals surface area contributed by atoms with Gasteiger partial charge in [0.05, 0.1) is 0 Å². The number of nitrogens with zero attached hydrogens (tertiary/aromatic N) is 2. The van der Waals surface area contributed by atoms with Gasteiger partial charge in [-0.3, -0.25) is 9.69 Å². The fraction of sp³-hybridized carbons (Fsp3) is 0.316. The molecule has 0 aliphatic carbocycles. The zero-order valence-electron chi connectivity index (χ0n) is 13.4. The second-order valence-electron chi connectivity index (χ2n) is 5.63. The third kappa shape index (κ3) is 1.82. The summed E-state index contributed by atoms with van der Waals surface area (Å²) in [5.41, 5.74) is 2.41. The molecule has 0 fully saturated rings. The first-order valence-corrected chi connectivity index (χ1v) is 7.86. The van der Waals surface area contributed by atoms with Crippen LogP contribution >= 0.6 is 0 Å². The van der Waals surface area contributed by atoms with E-state index in [1.165, 1.54) is 0 Å². The fourth-order valence-electron chi connectivity index (χ4n) is 3.68. The van der Waals surface area contributed by atoms with Crippen LogP contribution in [0.4, 0.5) is 5.69 Å². The molecule has 1 unspecified atom stereocenters. The van der Waals surface area contributed by atoms with Gasteiger partial charge in [-0.25, -0.2) is 0 Å². The van der Waals surface area contributed by atoms with E-state index in [0.29, 0.717) is 0 Å². The van der Waals surface area contributed by atoms with Gasteiger partial charge in [-0.15, -0.1) is 0 Å². The molecule has 0 spiro atoms. The molecule has 1 atom stereocenters. The third-order valence-corrected chi connectivity index (χ3v) is 4.70. The third-order valence-electron chi connectivity index (χ3n) is 4.70. The quantitative estimate of drug-likeness (QED) is 0.864. The molecule has 0 bridgehead atoms. The van der Waals surface area contributed by atoms with Crippen molar-refractivity contribution in [1.82, 2.24) is 4.90 Å². The molecule has 1 aliphatic rings. The maximum Gasteiger partial charge on any atom is 0.256 e. The van der Waals surface area contributed by atoms with Crippen LogP contribution in [0.15, 0.2) is 54.6 Å². The lowest BCUT2D eigenvalue weighted by molar-refractivity contribution is -0.127. The lowest BCUT2D eigenvalue weighted by atomic mass is 9.82. The van der Waals surface area contributed by atoms with Gasteiger partial charge in [-0.05, 0) is 24.7 Å². The van der Waals surface area contributed by atoms with Crippen LogP contribution in [0.1, 0.15) is 25.0 Å². The van der Waals surface area contributed by atoms with Crippen molar-refractivity contribution in [3.8, 4) is 0 Å². The maximum absolute atomic E-state index is 13.3. The number of para-hydroxylation sites is 1. The largest absolute Gasteiger partial charge is 0.313 e. The topological polar surface area (TPSA) is 23.6 Å². The Kier molecular flexibility index (Phi) is 3.75. The van der Waals surface area contributed by atoms with Gasteiger partial charge < -0.3 is 4.90 Å². The number of carbonyl (C=O) groups is 1. The molecule has 2 aromatic rings. The smallest absolute Gasteiger partial charge is 0.256 e. The van der Waals surface area contributed by atoms with Gasteiger partial charge in [-0.1, -0.05) is 62.4 Å². The number of benzene rings is 2. The van der Waals surface area contributed by atoms with Crippen LogP contribution in [-0.4, -0.2) is 30.9 Å². The molecule has 0 saturated carbocycles. The molecule has 1 aliphatic heterocycles. The fourth-order valence-corrected chi connectivity index (χ4v) is 3.68. The highest BCUT2D eigenvalue weighted by Gasteiger charge is 2.53. The van der Waals surface area contributed by atoms with Gasteiger partial charge in [0.25, 0.3) is 5.91 Å². The Morgan fingerprint density at radius 3 is 2.18 bits per heavy atom. The van der Waals surface area contributed by atoms with Crippen LogP contribution in [0, 0.1) is 0 Å². The van der Waals surface area contributed by atoms with Crippen LogP contribution in [0.3, 0.4) is 0 Å². The molecule has 1 amide bonds. The summed E-state index contributed by atoms with van der Waals surface area (Å²) in [6, 6.07) is 18.3. The van der Waals surface area contributed by atoms with Crippen molar-refractivity contribution in [1.29, 1.82) is 0 Å². The average Bonchev–Trinajstić information content (AvgIpc) is 2.80. The number of carbonyl (C=O) groups excluding carboxylic acids is 1. The van der Waals surface area contributed by atoms with Crippen LogP contribution < -0.4 is 4.90 Å². The summed E-state index contributed by atoms with van der Waals surface area (Å²) >= 11 is 0. The molecule has 0 saturated heterocycles. The Morgan fingerprint density at radius 2 is 1.55 bits per heavy atom. The molecule has 0 radical (unpaired) electrons. The number of likely N-dealkylation sites (N-methyl/N-ethyl adjacent to an activating group) is 2. The molecule has 3 nitrogen and oxygen atoms in total. The number of amides is 1. The standard InChI is InChI=1S/C19H22N2O/c1-4-21(5-2)19(15-11-7-6-8-12-15)16-13-9-10-14-17(16)20(3)18(19)22/h6-14H,4-5H2,1-3H3. The Balaban J connectivity index is 2.34. The first kappa shape index (κ1) is 14.8. The van der Waals surface area contributed by atoms with Gasteiger partial charge in [0.1, 0.15) is 0 Å². The monoisotopic (exact) mass is 294 g/mol. The number of rotatable bonds is 4. The molecule has 22 heavy (non-hydrogen) atoms. The van der Waals surface area contributed by atoms with Crippen LogP contribution in [-0.2, 0) is 10.3 Å². The summed E-state index contributed by atoms with van der Waals surface area (Å²) in [7, 11) is 1.87. The molecule has 2 aromatic carbocycles. The van der Waals surface area contributed by atoms with Crippen molar-refractivity contribution < 1.29 is 4.79 Å². The van der Waals surface area contributed by atoms with Crippen molar-refractivity contribution in [3.05, 3.63) is 65.7 Å². The normalized spacial score (nSPS) is 20.5. The summed E-state index contributed by atoms with van der Waals surface area (Å²) in [6.45, 7) is 5.86. The van der Waals surface area contributed by atoms with E-state index in [9.17, 15) is 4.79 Å². The number of hydrogen-bond acceptors (Lipinski definition) is 2. The number of fused-ring (bicyclic) bond motifs is 1. The molecule has 3 rings (SSSR count). The maximum atomic E-state index is 13.3. The minimum atomic E-state index is -0.712. The van der Waals surface area contributed by atoms with Crippen LogP contribution in [0.5, 0.6) is 0 Å². The number of anilines is 1. The van der Waals surface area contributed by atoms with E-state index in [-0.39, 0.29) is 5.91 Å². The van der Waals surface area contributed by atoms with E-state index in [1.807, 2.05) is 43.4 Å². The Bertz CT molecular complexity index is 679. The second kappa shape index (κ2) is 5.58. The van der Waals surface area contributed by atoms with Gasteiger partial charge in [0.2, 0.25) is 0 Å². The first-order chi connectivity index (χ1) is 10.7. The highest BCUT2D eigenvalue weighted by molar-refractivity contribution is 6.09. The average molecular weight is 294 g/mol. The zero-order valence-corrected chi connectivity index (χ0v) is 13.4. The van der Waals surface area contributed by atoms with E-state index in [1.54, 1.807) is 4.90 Å². The van der Waals surface area contributed by atoms with E-state index in [2.05, 4.69) is 36.9 Å². The minimum absolute atomic E-state index is 0.128. The van der Waals surface area contributed by atoms with Gasteiger partial charge >= 0.3 is 0 Å². The Hall–Kier alpha value is -2.13. The van der Waals surface area contributed by atoms with Crippen molar-refractivity contribution in [2.75, 3.05) is 25.0 Å².